The monoisotopic (exact) mass is 397 g/mol. The summed E-state index contributed by atoms with van der Waals surface area (Å²) in [5.41, 5.74) is 4.80. The Morgan fingerprint density at radius 2 is 1.83 bits per heavy atom. The van der Waals surface area contributed by atoms with E-state index in [0.717, 1.165) is 22.5 Å². The minimum atomic E-state index is -0.127. The molecule has 7 heteroatoms. The normalized spacial score (nSPS) is 11.4. The molecule has 30 heavy (non-hydrogen) atoms. The number of nitrogens with zero attached hydrogens (tertiary/aromatic N) is 5. The van der Waals surface area contributed by atoms with Gasteiger partial charge in [-0.15, -0.1) is 0 Å². The molecule has 0 amide bonds. The molecular weight excluding hydrogens is 378 g/mol. The van der Waals surface area contributed by atoms with Gasteiger partial charge >= 0.3 is 0 Å². The second-order valence-electron chi connectivity index (χ2n) is 6.98. The van der Waals surface area contributed by atoms with Crippen molar-refractivity contribution in [2.75, 3.05) is 7.11 Å². The molecule has 0 aliphatic carbocycles. The van der Waals surface area contributed by atoms with Crippen molar-refractivity contribution in [1.82, 2.24) is 24.1 Å². The molecular formula is C23H19N5O2. The largest absolute Gasteiger partial charge is 0.378 e. The van der Waals surface area contributed by atoms with E-state index >= 15 is 0 Å². The summed E-state index contributed by atoms with van der Waals surface area (Å²) in [6.07, 6.45) is 5.13. The van der Waals surface area contributed by atoms with Gasteiger partial charge in [0.25, 0.3) is 5.56 Å². The first-order valence-corrected chi connectivity index (χ1v) is 9.60. The molecule has 0 atom stereocenters. The lowest BCUT2D eigenvalue weighted by atomic mass is 10.1. The van der Waals surface area contributed by atoms with Gasteiger partial charge in [-0.1, -0.05) is 36.4 Å². The van der Waals surface area contributed by atoms with Crippen molar-refractivity contribution in [3.05, 3.63) is 94.9 Å². The van der Waals surface area contributed by atoms with Gasteiger partial charge in [-0.2, -0.15) is 5.10 Å². The summed E-state index contributed by atoms with van der Waals surface area (Å²) in [6.45, 7) is 0.753. The van der Waals surface area contributed by atoms with Crippen LogP contribution in [0.1, 0.15) is 11.4 Å². The number of fused-ring (bicyclic) bond motifs is 3. The lowest BCUT2D eigenvalue weighted by molar-refractivity contribution is 0.181. The summed E-state index contributed by atoms with van der Waals surface area (Å²) in [5.74, 6) is 0. The van der Waals surface area contributed by atoms with Crippen LogP contribution in [0.3, 0.4) is 0 Å². The highest BCUT2D eigenvalue weighted by molar-refractivity contribution is 5.86. The van der Waals surface area contributed by atoms with Gasteiger partial charge in [0.15, 0.2) is 5.65 Å². The van der Waals surface area contributed by atoms with Crippen molar-refractivity contribution in [2.24, 2.45) is 0 Å². The van der Waals surface area contributed by atoms with Crippen molar-refractivity contribution in [2.45, 2.75) is 13.2 Å². The zero-order chi connectivity index (χ0) is 20.5. The summed E-state index contributed by atoms with van der Waals surface area (Å²) in [6, 6.07) is 17.5. The van der Waals surface area contributed by atoms with E-state index in [1.54, 1.807) is 34.8 Å². The quantitative estimate of drug-likeness (QED) is 0.455. The van der Waals surface area contributed by atoms with E-state index in [4.69, 9.17) is 9.84 Å². The first-order valence-electron chi connectivity index (χ1n) is 9.60. The minimum absolute atomic E-state index is 0.127. The average molecular weight is 397 g/mol. The fourth-order valence-electron chi connectivity index (χ4n) is 3.68. The van der Waals surface area contributed by atoms with E-state index in [2.05, 4.69) is 9.97 Å². The molecule has 0 fully saturated rings. The van der Waals surface area contributed by atoms with Crippen molar-refractivity contribution >= 4 is 16.6 Å². The second kappa shape index (κ2) is 7.53. The van der Waals surface area contributed by atoms with Crippen molar-refractivity contribution in [3.8, 4) is 11.1 Å². The Hall–Kier alpha value is -3.84. The zero-order valence-corrected chi connectivity index (χ0v) is 16.4. The number of ether oxygens (including phenoxy) is 1. The summed E-state index contributed by atoms with van der Waals surface area (Å²) in [7, 11) is 1.64. The van der Waals surface area contributed by atoms with Crippen LogP contribution < -0.4 is 5.56 Å². The van der Waals surface area contributed by atoms with Gasteiger partial charge in [-0.05, 0) is 23.8 Å². The first kappa shape index (κ1) is 18.2. The molecule has 0 saturated carbocycles. The predicted molar refractivity (Wildman–Crippen MR) is 114 cm³/mol. The molecule has 1 aromatic carbocycles. The molecule has 0 unspecified atom stereocenters. The number of aromatic nitrogens is 5. The van der Waals surface area contributed by atoms with Crippen molar-refractivity contribution < 1.29 is 4.74 Å². The third-order valence-corrected chi connectivity index (χ3v) is 5.06. The van der Waals surface area contributed by atoms with E-state index in [1.807, 2.05) is 54.6 Å². The van der Waals surface area contributed by atoms with Crippen LogP contribution >= 0.6 is 0 Å². The standard InChI is InChI=1S/C23H19N5O2/c1-30-15-19-21(16-7-3-2-4-8-16)22-25-13-18-20(28(22)26-19)10-12-27(23(18)29)14-17-9-5-6-11-24-17/h2-13H,14-15H2,1H3. The lowest BCUT2D eigenvalue weighted by Crippen LogP contribution is -2.21. The molecule has 148 valence electrons. The molecule has 0 N–H and O–H groups in total. The minimum Gasteiger partial charge on any atom is -0.378 e. The number of benzene rings is 1. The van der Waals surface area contributed by atoms with Crippen LogP contribution in [-0.4, -0.2) is 31.3 Å². The Morgan fingerprint density at radius 3 is 2.60 bits per heavy atom. The highest BCUT2D eigenvalue weighted by atomic mass is 16.5. The lowest BCUT2D eigenvalue weighted by Gasteiger charge is -2.08. The van der Waals surface area contributed by atoms with Crippen LogP contribution in [0, 0.1) is 0 Å². The van der Waals surface area contributed by atoms with E-state index in [1.165, 1.54) is 0 Å². The maximum Gasteiger partial charge on any atom is 0.261 e. The molecule has 7 nitrogen and oxygen atoms in total. The molecule has 4 heterocycles. The van der Waals surface area contributed by atoms with Crippen LogP contribution in [0.4, 0.5) is 0 Å². The van der Waals surface area contributed by atoms with Crippen LogP contribution in [0.2, 0.25) is 0 Å². The van der Waals surface area contributed by atoms with Crippen LogP contribution in [0.25, 0.3) is 27.7 Å². The molecule has 5 rings (SSSR count). The van der Waals surface area contributed by atoms with E-state index in [9.17, 15) is 4.79 Å². The Kier molecular flexibility index (Phi) is 4.57. The predicted octanol–water partition coefficient (Wildman–Crippen LogP) is 3.30. The van der Waals surface area contributed by atoms with Crippen LogP contribution in [0.15, 0.2) is 78.0 Å². The smallest absolute Gasteiger partial charge is 0.261 e. The van der Waals surface area contributed by atoms with Gasteiger partial charge in [0.1, 0.15) is 0 Å². The van der Waals surface area contributed by atoms with Gasteiger partial charge < -0.3 is 9.30 Å². The molecule has 0 saturated heterocycles. The Labute approximate surface area is 172 Å². The Balaban J connectivity index is 1.70. The summed E-state index contributed by atoms with van der Waals surface area (Å²) in [4.78, 5) is 22.0. The van der Waals surface area contributed by atoms with E-state index in [0.29, 0.717) is 29.7 Å². The highest BCUT2D eigenvalue weighted by Gasteiger charge is 2.18. The van der Waals surface area contributed by atoms with Gasteiger partial charge in [0, 0.05) is 25.7 Å². The molecule has 0 aliphatic rings. The molecule has 4 aromatic heterocycles. The maximum absolute atomic E-state index is 13.1. The molecule has 5 aromatic rings. The van der Waals surface area contributed by atoms with Gasteiger partial charge in [-0.25, -0.2) is 9.50 Å². The number of methoxy groups -OCH3 is 1. The molecule has 0 spiro atoms. The summed E-state index contributed by atoms with van der Waals surface area (Å²) < 4.78 is 8.73. The van der Waals surface area contributed by atoms with Crippen molar-refractivity contribution in [3.63, 3.8) is 0 Å². The molecule has 0 bridgehead atoms. The zero-order valence-electron chi connectivity index (χ0n) is 16.4. The second-order valence-corrected chi connectivity index (χ2v) is 6.98. The number of rotatable bonds is 5. The van der Waals surface area contributed by atoms with Gasteiger partial charge in [0.05, 0.1) is 41.0 Å². The SMILES string of the molecule is COCc1nn2c(ncc3c(=O)n(Cc4ccccn4)ccc32)c1-c1ccccc1. The molecule has 0 aliphatic heterocycles. The van der Waals surface area contributed by atoms with Gasteiger partial charge in [0.2, 0.25) is 0 Å². The first-order chi connectivity index (χ1) is 14.8. The number of hydrogen-bond donors (Lipinski definition) is 0. The van der Waals surface area contributed by atoms with Gasteiger partial charge in [-0.3, -0.25) is 9.78 Å². The summed E-state index contributed by atoms with van der Waals surface area (Å²) in [5, 5.41) is 5.24. The Bertz CT molecular complexity index is 1390. The topological polar surface area (TPSA) is 74.3 Å². The highest BCUT2D eigenvalue weighted by Crippen LogP contribution is 2.29. The van der Waals surface area contributed by atoms with E-state index in [-0.39, 0.29) is 5.56 Å². The fourth-order valence-corrected chi connectivity index (χ4v) is 3.68. The fraction of sp³-hybridized carbons (Fsp3) is 0.130. The maximum atomic E-state index is 13.1. The van der Waals surface area contributed by atoms with E-state index < -0.39 is 0 Å². The number of hydrogen-bond acceptors (Lipinski definition) is 5. The summed E-state index contributed by atoms with van der Waals surface area (Å²) >= 11 is 0. The molecule has 0 radical (unpaired) electrons. The van der Waals surface area contributed by atoms with Crippen LogP contribution in [-0.2, 0) is 17.9 Å². The Morgan fingerprint density at radius 1 is 1.00 bits per heavy atom. The average Bonchev–Trinajstić information content (AvgIpc) is 3.15. The number of pyridine rings is 2. The van der Waals surface area contributed by atoms with Crippen molar-refractivity contribution in [1.29, 1.82) is 0 Å². The third kappa shape index (κ3) is 3.05. The third-order valence-electron chi connectivity index (χ3n) is 5.06. The van der Waals surface area contributed by atoms with Crippen LogP contribution in [0.5, 0.6) is 0 Å².